The van der Waals surface area contributed by atoms with Crippen molar-refractivity contribution in [3.63, 3.8) is 0 Å². The highest BCUT2D eigenvalue weighted by Gasteiger charge is 2.15. The normalized spacial score (nSPS) is 13.3. The summed E-state index contributed by atoms with van der Waals surface area (Å²) >= 11 is 4.86. The first kappa shape index (κ1) is 18.0. The molecular formula is C14H23N3O2S2. The van der Waals surface area contributed by atoms with Crippen LogP contribution in [0.5, 0.6) is 0 Å². The van der Waals surface area contributed by atoms with Gasteiger partial charge in [-0.3, -0.25) is 0 Å². The van der Waals surface area contributed by atoms with Crippen LogP contribution in [0.3, 0.4) is 0 Å². The van der Waals surface area contributed by atoms with Gasteiger partial charge in [0.05, 0.1) is 4.90 Å². The standard InChI is InChI=1S/C14H23N3O2S2/c1-4-11(2)17(3)9-8-16-21(18,19)13-7-5-6-12(10-13)14(15)20/h5-7,10-11,16H,4,8-9H2,1-3H3,(H2,15,20). The maximum absolute atomic E-state index is 12.2. The van der Waals surface area contributed by atoms with E-state index in [1.54, 1.807) is 12.1 Å². The van der Waals surface area contributed by atoms with Gasteiger partial charge in [-0.2, -0.15) is 0 Å². The molecule has 0 saturated carbocycles. The first-order chi connectivity index (χ1) is 9.77. The predicted molar refractivity (Wildman–Crippen MR) is 89.9 cm³/mol. The molecule has 0 amide bonds. The maximum atomic E-state index is 12.2. The zero-order valence-electron chi connectivity index (χ0n) is 12.7. The molecule has 0 saturated heterocycles. The molecule has 21 heavy (non-hydrogen) atoms. The Balaban J connectivity index is 2.70. The van der Waals surface area contributed by atoms with Crippen molar-refractivity contribution in [3.05, 3.63) is 29.8 Å². The van der Waals surface area contributed by atoms with Crippen molar-refractivity contribution in [2.45, 2.75) is 31.2 Å². The van der Waals surface area contributed by atoms with Gasteiger partial charge in [-0.25, -0.2) is 13.1 Å². The van der Waals surface area contributed by atoms with Crippen LogP contribution >= 0.6 is 12.2 Å². The van der Waals surface area contributed by atoms with Gasteiger partial charge < -0.3 is 10.6 Å². The highest BCUT2D eigenvalue weighted by Crippen LogP contribution is 2.11. The predicted octanol–water partition coefficient (Wildman–Crippen LogP) is 1.33. The summed E-state index contributed by atoms with van der Waals surface area (Å²) in [7, 11) is -1.55. The SMILES string of the molecule is CCC(C)N(C)CCNS(=O)(=O)c1cccc(C(N)=S)c1. The molecule has 0 spiro atoms. The number of nitrogens with two attached hydrogens (primary N) is 1. The third-order valence-corrected chi connectivity index (χ3v) is 5.22. The summed E-state index contributed by atoms with van der Waals surface area (Å²) in [5.41, 5.74) is 6.07. The third-order valence-electron chi connectivity index (χ3n) is 3.53. The molecule has 5 nitrogen and oxygen atoms in total. The Bertz CT molecular complexity index is 588. The van der Waals surface area contributed by atoms with E-state index in [0.717, 1.165) is 6.42 Å². The van der Waals surface area contributed by atoms with E-state index in [9.17, 15) is 8.42 Å². The quantitative estimate of drug-likeness (QED) is 0.704. The Morgan fingerprint density at radius 3 is 2.71 bits per heavy atom. The number of nitrogens with zero attached hydrogens (tertiary/aromatic N) is 1. The molecule has 0 aliphatic heterocycles. The summed E-state index contributed by atoms with van der Waals surface area (Å²) in [4.78, 5) is 2.48. The Morgan fingerprint density at radius 2 is 2.14 bits per heavy atom. The number of rotatable bonds is 8. The number of hydrogen-bond donors (Lipinski definition) is 2. The van der Waals surface area contributed by atoms with Crippen molar-refractivity contribution in [3.8, 4) is 0 Å². The van der Waals surface area contributed by atoms with E-state index in [4.69, 9.17) is 18.0 Å². The summed E-state index contributed by atoms with van der Waals surface area (Å²) in [6.07, 6.45) is 1.03. The number of sulfonamides is 1. The molecule has 1 atom stereocenters. The summed E-state index contributed by atoms with van der Waals surface area (Å²) in [5.74, 6) is 0. The van der Waals surface area contributed by atoms with E-state index in [0.29, 0.717) is 24.7 Å². The lowest BCUT2D eigenvalue weighted by molar-refractivity contribution is 0.256. The fraction of sp³-hybridized carbons (Fsp3) is 0.500. The molecule has 0 aliphatic rings. The molecule has 1 aromatic carbocycles. The van der Waals surface area contributed by atoms with Crippen LogP contribution in [0.15, 0.2) is 29.2 Å². The number of benzene rings is 1. The lowest BCUT2D eigenvalue weighted by Gasteiger charge is -2.23. The first-order valence-electron chi connectivity index (χ1n) is 6.87. The smallest absolute Gasteiger partial charge is 0.240 e. The highest BCUT2D eigenvalue weighted by molar-refractivity contribution is 7.89. The average molecular weight is 329 g/mol. The Hall–Kier alpha value is -1.02. The molecule has 0 aliphatic carbocycles. The van der Waals surface area contributed by atoms with E-state index in [2.05, 4.69) is 23.5 Å². The lowest BCUT2D eigenvalue weighted by Crippen LogP contribution is -2.37. The minimum atomic E-state index is -3.54. The topological polar surface area (TPSA) is 75.4 Å². The average Bonchev–Trinajstić information content (AvgIpc) is 2.46. The molecule has 3 N–H and O–H groups in total. The molecule has 7 heteroatoms. The van der Waals surface area contributed by atoms with E-state index in [1.165, 1.54) is 12.1 Å². The van der Waals surface area contributed by atoms with Crippen molar-refractivity contribution in [1.29, 1.82) is 0 Å². The molecule has 0 radical (unpaired) electrons. The largest absolute Gasteiger partial charge is 0.389 e. The Kier molecular flexibility index (Phi) is 6.73. The van der Waals surface area contributed by atoms with Crippen LogP contribution in [-0.4, -0.2) is 44.5 Å². The fourth-order valence-corrected chi connectivity index (χ4v) is 2.98. The molecule has 1 unspecified atom stereocenters. The van der Waals surface area contributed by atoms with Crippen LogP contribution in [0.25, 0.3) is 0 Å². The zero-order chi connectivity index (χ0) is 16.0. The second kappa shape index (κ2) is 7.84. The molecule has 1 rings (SSSR count). The van der Waals surface area contributed by atoms with Gasteiger partial charge >= 0.3 is 0 Å². The lowest BCUT2D eigenvalue weighted by atomic mass is 10.2. The monoisotopic (exact) mass is 329 g/mol. The van der Waals surface area contributed by atoms with Crippen molar-refractivity contribution in [2.24, 2.45) is 5.73 Å². The van der Waals surface area contributed by atoms with E-state index < -0.39 is 10.0 Å². The summed E-state index contributed by atoms with van der Waals surface area (Å²) in [6, 6.07) is 6.77. The molecule has 0 aromatic heterocycles. The Morgan fingerprint density at radius 1 is 1.48 bits per heavy atom. The highest BCUT2D eigenvalue weighted by atomic mass is 32.2. The first-order valence-corrected chi connectivity index (χ1v) is 8.77. The maximum Gasteiger partial charge on any atom is 0.240 e. The summed E-state index contributed by atoms with van der Waals surface area (Å²) in [6.45, 7) is 5.23. The van der Waals surface area contributed by atoms with Gasteiger partial charge in [0, 0.05) is 24.7 Å². The molecule has 0 heterocycles. The van der Waals surface area contributed by atoms with Crippen molar-refractivity contribution < 1.29 is 8.42 Å². The van der Waals surface area contributed by atoms with Gasteiger partial charge in [0.25, 0.3) is 0 Å². The van der Waals surface area contributed by atoms with Crippen molar-refractivity contribution >= 4 is 27.2 Å². The van der Waals surface area contributed by atoms with Gasteiger partial charge in [0.15, 0.2) is 0 Å². The van der Waals surface area contributed by atoms with Crippen LogP contribution < -0.4 is 10.5 Å². The number of hydrogen-bond acceptors (Lipinski definition) is 4. The van der Waals surface area contributed by atoms with Crippen LogP contribution in [0, 0.1) is 0 Å². The van der Waals surface area contributed by atoms with Gasteiger partial charge in [0.1, 0.15) is 4.99 Å². The van der Waals surface area contributed by atoms with Crippen LogP contribution in [0.2, 0.25) is 0 Å². The third kappa shape index (κ3) is 5.35. The van der Waals surface area contributed by atoms with E-state index >= 15 is 0 Å². The van der Waals surface area contributed by atoms with Crippen molar-refractivity contribution in [2.75, 3.05) is 20.1 Å². The number of nitrogens with one attached hydrogen (secondary N) is 1. The summed E-state index contributed by atoms with van der Waals surface area (Å²) in [5, 5.41) is 0. The van der Waals surface area contributed by atoms with Crippen LogP contribution in [0.1, 0.15) is 25.8 Å². The molecule has 118 valence electrons. The Labute approximate surface area is 132 Å². The van der Waals surface area contributed by atoms with Gasteiger partial charge in [-0.1, -0.05) is 31.3 Å². The van der Waals surface area contributed by atoms with Gasteiger partial charge in [0.2, 0.25) is 10.0 Å². The number of thiocarbonyl (C=S) groups is 1. The van der Waals surface area contributed by atoms with Gasteiger partial charge in [-0.15, -0.1) is 0 Å². The van der Waals surface area contributed by atoms with E-state index in [-0.39, 0.29) is 9.88 Å². The van der Waals surface area contributed by atoms with Crippen molar-refractivity contribution in [1.82, 2.24) is 9.62 Å². The van der Waals surface area contributed by atoms with Gasteiger partial charge in [-0.05, 0) is 32.5 Å². The second-order valence-corrected chi connectivity index (χ2v) is 7.23. The molecule has 0 fully saturated rings. The minimum Gasteiger partial charge on any atom is -0.389 e. The molecule has 1 aromatic rings. The zero-order valence-corrected chi connectivity index (χ0v) is 14.3. The van der Waals surface area contributed by atoms with Crippen LogP contribution in [-0.2, 0) is 10.0 Å². The molecule has 0 bridgehead atoms. The minimum absolute atomic E-state index is 0.180. The van der Waals surface area contributed by atoms with E-state index in [1.807, 2.05) is 7.05 Å². The second-order valence-electron chi connectivity index (χ2n) is 5.03. The van der Waals surface area contributed by atoms with Crippen LogP contribution in [0.4, 0.5) is 0 Å². The summed E-state index contributed by atoms with van der Waals surface area (Å²) < 4.78 is 27.0. The molecular weight excluding hydrogens is 306 g/mol. The fourth-order valence-electron chi connectivity index (χ4n) is 1.79. The number of likely N-dealkylation sites (N-methyl/N-ethyl adjacent to an activating group) is 1.